The first kappa shape index (κ1) is 32.5. The smallest absolute Gasteiger partial charge is 0.216 e. The molecule has 0 spiro atoms. The van der Waals surface area contributed by atoms with Gasteiger partial charge >= 0.3 is 0 Å². The van der Waals surface area contributed by atoms with Crippen LogP contribution < -0.4 is 0 Å². The third-order valence-corrected chi connectivity index (χ3v) is 8.28. The van der Waals surface area contributed by atoms with E-state index in [1.807, 2.05) is 66.7 Å². The SMILES string of the molecule is [2H]C(c1ccnc(-c2[c-]ccc3c2oc2nc(-c4c(C)cccc4C)ccc23)c1)(C(C)C)C(C)C.[Ir].[c-]1ccccc1-c1ccccn1. The van der Waals surface area contributed by atoms with Crippen LogP contribution in [0.25, 0.3) is 55.8 Å². The maximum atomic E-state index is 9.25. The Bertz CT molecular complexity index is 2080. The van der Waals surface area contributed by atoms with Gasteiger partial charge in [0.15, 0.2) is 0 Å². The van der Waals surface area contributed by atoms with Crippen LogP contribution in [0.5, 0.6) is 0 Å². The van der Waals surface area contributed by atoms with Crippen molar-refractivity contribution in [2.24, 2.45) is 11.8 Å². The number of fused-ring (bicyclic) bond motifs is 3. The van der Waals surface area contributed by atoms with Crippen molar-refractivity contribution < 1.29 is 25.9 Å². The largest absolute Gasteiger partial charge is 0.486 e. The zero-order chi connectivity index (χ0) is 33.1. The molecule has 0 amide bonds. The van der Waals surface area contributed by atoms with Gasteiger partial charge in [0.2, 0.25) is 5.71 Å². The Morgan fingerprint density at radius 3 is 2.11 bits per heavy atom. The van der Waals surface area contributed by atoms with Gasteiger partial charge in [-0.3, -0.25) is 0 Å². The van der Waals surface area contributed by atoms with Crippen LogP contribution >= 0.6 is 0 Å². The molecule has 0 fully saturated rings. The monoisotopic (exact) mass is 795 g/mol. The van der Waals surface area contributed by atoms with Crippen molar-refractivity contribution in [2.45, 2.75) is 47.4 Å². The van der Waals surface area contributed by atoms with Gasteiger partial charge in [-0.25, -0.2) is 4.98 Å². The standard InChI is InChI=1S/C31H31N2O.C11H8N.Ir/c1-18(2)28(19(3)4)22-15-16-32-27(17-22)25-12-8-11-23-24-13-14-26(33-31(24)34-30(23)25)29-20(5)9-7-10-21(29)6;1-2-6-10(7-3-1)11-8-4-5-9-12-11;/h7-11,13-19,28H,1-6H3;1-6,8-9H;/q2*-1;/i28D;;. The van der Waals surface area contributed by atoms with Crippen molar-refractivity contribution in [3.05, 3.63) is 138 Å². The summed E-state index contributed by atoms with van der Waals surface area (Å²) in [4.78, 5) is 13.8. The van der Waals surface area contributed by atoms with Crippen LogP contribution in [0.3, 0.4) is 0 Å². The quantitative estimate of drug-likeness (QED) is 0.157. The molecule has 1 radical (unpaired) electrons. The fourth-order valence-corrected chi connectivity index (χ4v) is 6.33. The molecule has 4 nitrogen and oxygen atoms in total. The molecule has 47 heavy (non-hydrogen) atoms. The minimum Gasteiger partial charge on any atom is -0.486 e. The van der Waals surface area contributed by atoms with Crippen LogP contribution in [0, 0.1) is 37.8 Å². The zero-order valence-corrected chi connectivity index (χ0v) is 30.0. The number of hydrogen-bond donors (Lipinski definition) is 0. The summed E-state index contributed by atoms with van der Waals surface area (Å²) >= 11 is 0. The second-order valence-corrected chi connectivity index (χ2v) is 12.2. The summed E-state index contributed by atoms with van der Waals surface area (Å²) in [6, 6.07) is 38.5. The molecule has 5 heteroatoms. The minimum atomic E-state index is -0.707. The molecule has 7 aromatic rings. The van der Waals surface area contributed by atoms with E-state index in [-0.39, 0.29) is 31.9 Å². The van der Waals surface area contributed by atoms with E-state index >= 15 is 0 Å². The third kappa shape index (κ3) is 7.27. The Morgan fingerprint density at radius 1 is 0.681 bits per heavy atom. The fourth-order valence-electron chi connectivity index (χ4n) is 6.33. The van der Waals surface area contributed by atoms with E-state index in [1.165, 1.54) is 11.1 Å². The van der Waals surface area contributed by atoms with Crippen LogP contribution in [-0.2, 0) is 20.1 Å². The topological polar surface area (TPSA) is 51.8 Å². The molecule has 3 aromatic carbocycles. The Kier molecular flexibility index (Phi) is 10.4. The van der Waals surface area contributed by atoms with E-state index in [9.17, 15) is 1.37 Å². The number of furan rings is 1. The van der Waals surface area contributed by atoms with Gasteiger partial charge in [0.25, 0.3) is 0 Å². The zero-order valence-electron chi connectivity index (χ0n) is 28.6. The molecule has 0 aliphatic heterocycles. The van der Waals surface area contributed by atoms with Gasteiger partial charge in [-0.1, -0.05) is 80.6 Å². The first-order chi connectivity index (χ1) is 22.7. The maximum absolute atomic E-state index is 9.25. The van der Waals surface area contributed by atoms with Crippen molar-refractivity contribution in [1.82, 2.24) is 15.0 Å². The normalized spacial score (nSPS) is 11.7. The molecule has 0 bridgehead atoms. The van der Waals surface area contributed by atoms with Gasteiger partial charge in [-0.15, -0.1) is 54.1 Å². The third-order valence-electron chi connectivity index (χ3n) is 8.28. The van der Waals surface area contributed by atoms with Crippen molar-refractivity contribution in [2.75, 3.05) is 0 Å². The molecule has 0 aliphatic carbocycles. The molecule has 4 aromatic heterocycles. The molecular formula is C42H39IrN3O-2. The second-order valence-electron chi connectivity index (χ2n) is 12.2. The summed E-state index contributed by atoms with van der Waals surface area (Å²) in [6.07, 6.45) is 3.58. The summed E-state index contributed by atoms with van der Waals surface area (Å²) in [7, 11) is 0. The van der Waals surface area contributed by atoms with E-state index < -0.39 is 5.89 Å². The summed E-state index contributed by atoms with van der Waals surface area (Å²) in [5, 5.41) is 1.96. The number of aromatic nitrogens is 3. The van der Waals surface area contributed by atoms with Crippen LogP contribution in [0.15, 0.2) is 114 Å². The molecule has 0 unspecified atom stereocenters. The van der Waals surface area contributed by atoms with Crippen LogP contribution in [0.1, 0.15) is 51.7 Å². The average Bonchev–Trinajstić information content (AvgIpc) is 3.47. The van der Waals surface area contributed by atoms with E-state index in [1.54, 1.807) is 12.4 Å². The first-order valence-electron chi connectivity index (χ1n) is 16.3. The van der Waals surface area contributed by atoms with Gasteiger partial charge in [0.05, 0.1) is 11.3 Å². The number of hydrogen-bond acceptors (Lipinski definition) is 4. The molecule has 0 atom stereocenters. The summed E-state index contributed by atoms with van der Waals surface area (Å²) in [5.74, 6) is -0.381. The van der Waals surface area contributed by atoms with Crippen molar-refractivity contribution in [3.63, 3.8) is 0 Å². The van der Waals surface area contributed by atoms with Gasteiger partial charge in [-0.2, -0.15) is 0 Å². The average molecular weight is 795 g/mol. The van der Waals surface area contributed by atoms with Crippen molar-refractivity contribution in [3.8, 4) is 33.8 Å². The number of aryl methyl sites for hydroxylation is 2. The molecule has 0 saturated carbocycles. The van der Waals surface area contributed by atoms with E-state index in [2.05, 4.69) is 94.0 Å². The first-order valence-corrected chi connectivity index (χ1v) is 15.8. The molecule has 4 heterocycles. The number of nitrogens with zero attached hydrogens (tertiary/aromatic N) is 3. The van der Waals surface area contributed by atoms with E-state index in [0.717, 1.165) is 55.7 Å². The molecule has 0 N–H and O–H groups in total. The van der Waals surface area contributed by atoms with Gasteiger partial charge < -0.3 is 14.4 Å². The van der Waals surface area contributed by atoms with E-state index in [0.29, 0.717) is 5.71 Å². The maximum Gasteiger partial charge on any atom is 0.216 e. The predicted molar refractivity (Wildman–Crippen MR) is 189 cm³/mol. The molecule has 7 rings (SSSR count). The molecular weight excluding hydrogens is 755 g/mol. The predicted octanol–water partition coefficient (Wildman–Crippen LogP) is 11.1. The molecule has 239 valence electrons. The Hall–Kier alpha value is -4.44. The van der Waals surface area contributed by atoms with Gasteiger partial charge in [-0.05, 0) is 78.4 Å². The van der Waals surface area contributed by atoms with Gasteiger partial charge in [0, 0.05) is 44.8 Å². The van der Waals surface area contributed by atoms with Gasteiger partial charge in [0.1, 0.15) is 0 Å². The number of benzene rings is 3. The van der Waals surface area contributed by atoms with Crippen LogP contribution in [-0.4, -0.2) is 15.0 Å². The summed E-state index contributed by atoms with van der Waals surface area (Å²) < 4.78 is 15.6. The second kappa shape index (κ2) is 15.0. The Labute approximate surface area is 293 Å². The number of pyridine rings is 3. The van der Waals surface area contributed by atoms with Crippen LogP contribution in [0.4, 0.5) is 0 Å². The molecule has 0 saturated heterocycles. The fraction of sp³-hybridized carbons (Fsp3) is 0.214. The Balaban J connectivity index is 0.000000291. The van der Waals surface area contributed by atoms with Crippen LogP contribution in [0.2, 0.25) is 0 Å². The summed E-state index contributed by atoms with van der Waals surface area (Å²) in [5.41, 5.74) is 10.3. The summed E-state index contributed by atoms with van der Waals surface area (Å²) in [6.45, 7) is 12.7. The molecule has 0 aliphatic rings. The number of rotatable bonds is 6. The van der Waals surface area contributed by atoms with E-state index in [4.69, 9.17) is 9.40 Å². The minimum absolute atomic E-state index is 0. The van der Waals surface area contributed by atoms with Crippen molar-refractivity contribution in [1.29, 1.82) is 0 Å². The van der Waals surface area contributed by atoms with Crippen molar-refractivity contribution >= 4 is 22.1 Å². The Morgan fingerprint density at radius 2 is 1.43 bits per heavy atom.